The maximum absolute atomic E-state index is 11.9. The van der Waals surface area contributed by atoms with Gasteiger partial charge < -0.3 is 10.1 Å². The molecule has 0 spiro atoms. The fourth-order valence-corrected chi connectivity index (χ4v) is 3.20. The van der Waals surface area contributed by atoms with Crippen LogP contribution in [-0.2, 0) is 16.1 Å². The van der Waals surface area contributed by atoms with E-state index in [9.17, 15) is 9.59 Å². The molecule has 1 amide bonds. The predicted octanol–water partition coefficient (Wildman–Crippen LogP) is 4.25. The Hall–Kier alpha value is -2.70. The predicted molar refractivity (Wildman–Crippen MR) is 106 cm³/mol. The van der Waals surface area contributed by atoms with Gasteiger partial charge in [-0.1, -0.05) is 41.4 Å². The zero-order valence-electron chi connectivity index (χ0n) is 14.6. The summed E-state index contributed by atoms with van der Waals surface area (Å²) in [5.41, 5.74) is 3.31. The van der Waals surface area contributed by atoms with Gasteiger partial charge in [0.2, 0.25) is 0 Å². The average Bonchev–Trinajstić information content (AvgIpc) is 3.14. The molecule has 0 radical (unpaired) electrons. The maximum atomic E-state index is 11.9. The lowest BCUT2D eigenvalue weighted by molar-refractivity contribution is -0.143. The number of carbonyl (C=O) groups is 2. The highest BCUT2D eigenvalue weighted by atomic mass is 35.5. The van der Waals surface area contributed by atoms with Crippen LogP contribution in [0.25, 0.3) is 10.6 Å². The quantitative estimate of drug-likeness (QED) is 0.628. The minimum Gasteiger partial charge on any atom is -0.458 e. The molecule has 0 fully saturated rings. The number of nitrogens with one attached hydrogen (secondary N) is 1. The monoisotopic (exact) mass is 400 g/mol. The van der Waals surface area contributed by atoms with Crippen LogP contribution < -0.4 is 5.32 Å². The smallest absolute Gasteiger partial charge is 0.325 e. The number of amides is 1. The molecule has 1 heterocycles. The van der Waals surface area contributed by atoms with Gasteiger partial charge in [0.15, 0.2) is 0 Å². The SMILES string of the molecule is Cc1ccc(-c2nc(COC(=O)CNC(=O)c3ccc(Cl)cc3)cs2)cc1. The highest BCUT2D eigenvalue weighted by Crippen LogP contribution is 2.24. The summed E-state index contributed by atoms with van der Waals surface area (Å²) in [6.07, 6.45) is 0. The number of rotatable bonds is 6. The molecule has 7 heteroatoms. The third-order valence-corrected chi connectivity index (χ3v) is 4.92. The molecule has 27 heavy (non-hydrogen) atoms. The van der Waals surface area contributed by atoms with Gasteiger partial charge in [-0.05, 0) is 31.2 Å². The molecule has 0 saturated carbocycles. The molecule has 1 aromatic heterocycles. The molecule has 138 valence electrons. The minimum absolute atomic E-state index is 0.0675. The summed E-state index contributed by atoms with van der Waals surface area (Å²) in [5.74, 6) is -0.888. The zero-order chi connectivity index (χ0) is 19.2. The van der Waals surface area contributed by atoms with Crippen molar-refractivity contribution in [3.05, 3.63) is 75.8 Å². The van der Waals surface area contributed by atoms with E-state index in [4.69, 9.17) is 16.3 Å². The third-order valence-electron chi connectivity index (χ3n) is 3.73. The van der Waals surface area contributed by atoms with Crippen molar-refractivity contribution in [1.29, 1.82) is 0 Å². The van der Waals surface area contributed by atoms with Crippen molar-refractivity contribution in [1.82, 2.24) is 10.3 Å². The Morgan fingerprint density at radius 2 is 1.81 bits per heavy atom. The van der Waals surface area contributed by atoms with Crippen LogP contribution in [0.5, 0.6) is 0 Å². The second-order valence-corrected chi connectivity index (χ2v) is 7.15. The highest BCUT2D eigenvalue weighted by molar-refractivity contribution is 7.13. The topological polar surface area (TPSA) is 68.3 Å². The van der Waals surface area contributed by atoms with E-state index in [0.717, 1.165) is 10.6 Å². The van der Waals surface area contributed by atoms with E-state index in [1.165, 1.54) is 16.9 Å². The summed E-state index contributed by atoms with van der Waals surface area (Å²) < 4.78 is 5.17. The molecule has 0 unspecified atom stereocenters. The first-order chi connectivity index (χ1) is 13.0. The Bertz CT molecular complexity index is 937. The Balaban J connectivity index is 1.47. The fourth-order valence-electron chi connectivity index (χ4n) is 2.26. The van der Waals surface area contributed by atoms with Crippen molar-refractivity contribution in [3.63, 3.8) is 0 Å². The summed E-state index contributed by atoms with van der Waals surface area (Å²) in [6.45, 7) is 1.89. The molecular formula is C20H17ClN2O3S. The second-order valence-electron chi connectivity index (χ2n) is 5.86. The first kappa shape index (κ1) is 19.1. The fraction of sp³-hybridized carbons (Fsp3) is 0.150. The number of thiazole rings is 1. The van der Waals surface area contributed by atoms with E-state index >= 15 is 0 Å². The normalized spacial score (nSPS) is 10.4. The van der Waals surface area contributed by atoms with Gasteiger partial charge in [0.1, 0.15) is 18.2 Å². The van der Waals surface area contributed by atoms with Crippen LogP contribution in [0, 0.1) is 6.92 Å². The van der Waals surface area contributed by atoms with Crippen LogP contribution in [0.1, 0.15) is 21.6 Å². The highest BCUT2D eigenvalue weighted by Gasteiger charge is 2.11. The van der Waals surface area contributed by atoms with Crippen molar-refractivity contribution in [2.75, 3.05) is 6.54 Å². The van der Waals surface area contributed by atoms with Gasteiger partial charge >= 0.3 is 5.97 Å². The van der Waals surface area contributed by atoms with Gasteiger partial charge in [-0.25, -0.2) is 4.98 Å². The summed E-state index contributed by atoms with van der Waals surface area (Å²) in [6, 6.07) is 14.5. The summed E-state index contributed by atoms with van der Waals surface area (Å²) in [7, 11) is 0. The van der Waals surface area contributed by atoms with Crippen LogP contribution in [0.15, 0.2) is 53.9 Å². The Morgan fingerprint density at radius 1 is 1.11 bits per heavy atom. The van der Waals surface area contributed by atoms with Gasteiger partial charge in [-0.3, -0.25) is 9.59 Å². The van der Waals surface area contributed by atoms with Crippen molar-refractivity contribution < 1.29 is 14.3 Å². The molecule has 0 aliphatic heterocycles. The molecule has 0 aliphatic rings. The molecule has 0 bridgehead atoms. The van der Waals surface area contributed by atoms with Crippen LogP contribution >= 0.6 is 22.9 Å². The standard InChI is InChI=1S/C20H17ClN2O3S/c1-13-2-4-15(5-3-13)20-23-17(12-27-20)11-26-18(24)10-22-19(25)14-6-8-16(21)9-7-14/h2-9,12H,10-11H2,1H3,(H,22,25). The number of ether oxygens (including phenoxy) is 1. The first-order valence-electron chi connectivity index (χ1n) is 8.22. The van der Waals surface area contributed by atoms with E-state index in [2.05, 4.69) is 10.3 Å². The molecule has 0 saturated heterocycles. The third kappa shape index (κ3) is 5.39. The summed E-state index contributed by atoms with van der Waals surface area (Å²) >= 11 is 7.27. The molecule has 0 aliphatic carbocycles. The number of aromatic nitrogens is 1. The Kier molecular flexibility index (Phi) is 6.21. The minimum atomic E-state index is -0.526. The van der Waals surface area contributed by atoms with Gasteiger partial charge in [0.25, 0.3) is 5.91 Å². The lowest BCUT2D eigenvalue weighted by Crippen LogP contribution is -2.30. The zero-order valence-corrected chi connectivity index (χ0v) is 16.1. The second kappa shape index (κ2) is 8.79. The van der Waals surface area contributed by atoms with E-state index in [1.54, 1.807) is 24.3 Å². The maximum Gasteiger partial charge on any atom is 0.325 e. The van der Waals surface area contributed by atoms with Crippen LogP contribution in [0.3, 0.4) is 0 Å². The Labute approximate surface area is 166 Å². The van der Waals surface area contributed by atoms with Crippen molar-refractivity contribution in [2.24, 2.45) is 0 Å². The number of hydrogen-bond acceptors (Lipinski definition) is 5. The lowest BCUT2D eigenvalue weighted by atomic mass is 10.2. The molecule has 0 atom stereocenters. The molecular weight excluding hydrogens is 384 g/mol. The van der Waals surface area contributed by atoms with Crippen LogP contribution in [0.4, 0.5) is 0 Å². The van der Waals surface area contributed by atoms with Crippen molar-refractivity contribution >= 4 is 34.8 Å². The molecule has 2 aromatic carbocycles. The van der Waals surface area contributed by atoms with Gasteiger partial charge in [-0.2, -0.15) is 0 Å². The van der Waals surface area contributed by atoms with E-state index < -0.39 is 5.97 Å². The van der Waals surface area contributed by atoms with Crippen LogP contribution in [-0.4, -0.2) is 23.4 Å². The van der Waals surface area contributed by atoms with Gasteiger partial charge in [-0.15, -0.1) is 11.3 Å². The number of aryl methyl sites for hydroxylation is 1. The van der Waals surface area contributed by atoms with Crippen molar-refractivity contribution in [3.8, 4) is 10.6 Å². The molecule has 3 rings (SSSR count). The van der Waals surface area contributed by atoms with Crippen molar-refractivity contribution in [2.45, 2.75) is 13.5 Å². The van der Waals surface area contributed by atoms with Gasteiger partial charge in [0.05, 0.1) is 5.69 Å². The lowest BCUT2D eigenvalue weighted by Gasteiger charge is -2.05. The molecule has 3 aromatic rings. The van der Waals surface area contributed by atoms with Gasteiger partial charge in [0, 0.05) is 21.5 Å². The number of halogens is 1. The first-order valence-corrected chi connectivity index (χ1v) is 9.48. The number of nitrogens with zero attached hydrogens (tertiary/aromatic N) is 1. The van der Waals surface area contributed by atoms with E-state index in [0.29, 0.717) is 16.3 Å². The summed E-state index contributed by atoms with van der Waals surface area (Å²) in [4.78, 5) is 28.3. The molecule has 5 nitrogen and oxygen atoms in total. The summed E-state index contributed by atoms with van der Waals surface area (Å²) in [5, 5.41) is 5.79. The average molecular weight is 401 g/mol. The largest absolute Gasteiger partial charge is 0.458 e. The number of carbonyl (C=O) groups excluding carboxylic acids is 2. The number of esters is 1. The number of benzene rings is 2. The Morgan fingerprint density at radius 3 is 2.52 bits per heavy atom. The molecule has 1 N–H and O–H groups in total. The number of hydrogen-bond donors (Lipinski definition) is 1. The van der Waals surface area contributed by atoms with E-state index in [-0.39, 0.29) is 19.1 Å². The van der Waals surface area contributed by atoms with E-state index in [1.807, 2.05) is 36.6 Å². The van der Waals surface area contributed by atoms with Crippen LogP contribution in [0.2, 0.25) is 5.02 Å².